The topological polar surface area (TPSA) is 24.5 Å². The van der Waals surface area contributed by atoms with Gasteiger partial charge in [-0.25, -0.2) is 0 Å². The van der Waals surface area contributed by atoms with E-state index in [2.05, 4.69) is 17.1 Å². The Labute approximate surface area is 98.5 Å². The van der Waals surface area contributed by atoms with Crippen molar-refractivity contribution < 1.29 is 4.74 Å². The molecule has 1 saturated carbocycles. The highest BCUT2D eigenvalue weighted by Gasteiger charge is 2.44. The molecule has 1 N–H and O–H groups in total. The summed E-state index contributed by atoms with van der Waals surface area (Å²) in [7, 11) is 0. The molecule has 0 radical (unpaired) electrons. The Balaban J connectivity index is 1.64. The quantitative estimate of drug-likeness (QED) is 0.728. The van der Waals surface area contributed by atoms with Crippen LogP contribution in [0.1, 0.15) is 39.0 Å². The van der Waals surface area contributed by atoms with Crippen LogP contribution in [0.25, 0.3) is 0 Å². The van der Waals surface area contributed by atoms with Crippen molar-refractivity contribution in [3.05, 3.63) is 0 Å². The third-order valence-corrected chi connectivity index (χ3v) is 4.75. The minimum atomic E-state index is 0.299. The molecule has 2 aliphatic heterocycles. The van der Waals surface area contributed by atoms with Crippen molar-refractivity contribution >= 4 is 0 Å². The highest BCUT2D eigenvalue weighted by Crippen LogP contribution is 2.43. The number of ether oxygens (including phenoxy) is 1. The lowest BCUT2D eigenvalue weighted by atomic mass is 9.73. The van der Waals surface area contributed by atoms with Crippen LogP contribution in [0.2, 0.25) is 0 Å². The highest BCUT2D eigenvalue weighted by atomic mass is 16.5. The SMILES string of the molecule is C[C@H]1CNCCN1C1CCOC2(CCC2)C1. The Morgan fingerprint density at radius 2 is 2.25 bits per heavy atom. The van der Waals surface area contributed by atoms with Crippen molar-refractivity contribution in [2.45, 2.75) is 56.7 Å². The lowest BCUT2D eigenvalue weighted by molar-refractivity contribution is -0.152. The van der Waals surface area contributed by atoms with E-state index in [0.717, 1.165) is 25.7 Å². The summed E-state index contributed by atoms with van der Waals surface area (Å²) in [6, 6.07) is 1.49. The molecule has 92 valence electrons. The first-order chi connectivity index (χ1) is 7.79. The number of hydrogen-bond acceptors (Lipinski definition) is 3. The van der Waals surface area contributed by atoms with Gasteiger partial charge in [-0.15, -0.1) is 0 Å². The van der Waals surface area contributed by atoms with Gasteiger partial charge in [0.1, 0.15) is 0 Å². The summed E-state index contributed by atoms with van der Waals surface area (Å²) in [5.74, 6) is 0. The maximum absolute atomic E-state index is 6.02. The maximum atomic E-state index is 6.02. The van der Waals surface area contributed by atoms with Crippen molar-refractivity contribution in [2.24, 2.45) is 0 Å². The van der Waals surface area contributed by atoms with Gasteiger partial charge in [-0.1, -0.05) is 0 Å². The van der Waals surface area contributed by atoms with Crippen LogP contribution in [-0.2, 0) is 4.74 Å². The van der Waals surface area contributed by atoms with E-state index in [-0.39, 0.29) is 0 Å². The van der Waals surface area contributed by atoms with Gasteiger partial charge in [0.2, 0.25) is 0 Å². The first-order valence-electron chi connectivity index (χ1n) is 6.90. The molecule has 3 nitrogen and oxygen atoms in total. The van der Waals surface area contributed by atoms with Gasteiger partial charge in [-0.3, -0.25) is 4.90 Å². The molecule has 2 saturated heterocycles. The lowest BCUT2D eigenvalue weighted by Crippen LogP contribution is -2.58. The van der Waals surface area contributed by atoms with Crippen molar-refractivity contribution in [2.75, 3.05) is 26.2 Å². The lowest BCUT2D eigenvalue weighted by Gasteiger charge is -2.51. The van der Waals surface area contributed by atoms with E-state index in [1.807, 2.05) is 0 Å². The molecule has 0 aromatic rings. The van der Waals surface area contributed by atoms with Gasteiger partial charge in [-0.05, 0) is 39.0 Å². The molecule has 3 heteroatoms. The summed E-state index contributed by atoms with van der Waals surface area (Å²) in [6.07, 6.45) is 6.53. The van der Waals surface area contributed by atoms with E-state index in [4.69, 9.17) is 4.74 Å². The van der Waals surface area contributed by atoms with E-state index in [0.29, 0.717) is 11.6 Å². The zero-order valence-corrected chi connectivity index (χ0v) is 10.4. The van der Waals surface area contributed by atoms with Gasteiger partial charge in [0.05, 0.1) is 5.60 Å². The van der Waals surface area contributed by atoms with Gasteiger partial charge < -0.3 is 10.1 Å². The standard InChI is InChI=1S/C13H24N2O/c1-11-10-14-6-7-15(11)12-3-8-16-13(9-12)4-2-5-13/h11-12,14H,2-10H2,1H3/t11-,12?/m0/s1. The maximum Gasteiger partial charge on any atom is 0.0697 e. The summed E-state index contributed by atoms with van der Waals surface area (Å²) < 4.78 is 6.02. The molecule has 1 aliphatic carbocycles. The van der Waals surface area contributed by atoms with Gasteiger partial charge >= 0.3 is 0 Å². The molecular formula is C13H24N2O. The molecule has 2 heterocycles. The molecule has 2 atom stereocenters. The number of nitrogens with one attached hydrogen (secondary N) is 1. The molecule has 3 rings (SSSR count). The van der Waals surface area contributed by atoms with Gasteiger partial charge in [0, 0.05) is 38.3 Å². The predicted molar refractivity (Wildman–Crippen MR) is 64.6 cm³/mol. The second kappa shape index (κ2) is 4.28. The van der Waals surface area contributed by atoms with Gasteiger partial charge in [0.25, 0.3) is 0 Å². The van der Waals surface area contributed by atoms with E-state index < -0.39 is 0 Å². The third-order valence-electron chi connectivity index (χ3n) is 4.75. The van der Waals surface area contributed by atoms with Crippen LogP contribution in [0.3, 0.4) is 0 Å². The zero-order valence-electron chi connectivity index (χ0n) is 10.4. The summed E-state index contributed by atoms with van der Waals surface area (Å²) in [5, 5.41) is 3.48. The molecule has 1 unspecified atom stereocenters. The van der Waals surface area contributed by atoms with Crippen molar-refractivity contribution in [1.29, 1.82) is 0 Å². The van der Waals surface area contributed by atoms with Crippen LogP contribution in [0.15, 0.2) is 0 Å². The fraction of sp³-hybridized carbons (Fsp3) is 1.00. The summed E-state index contributed by atoms with van der Waals surface area (Å²) in [4.78, 5) is 2.72. The van der Waals surface area contributed by atoms with Crippen molar-refractivity contribution in [3.63, 3.8) is 0 Å². The molecule has 0 aromatic carbocycles. The van der Waals surface area contributed by atoms with Crippen LogP contribution in [0.5, 0.6) is 0 Å². The second-order valence-electron chi connectivity index (χ2n) is 5.82. The third kappa shape index (κ3) is 1.89. The average molecular weight is 224 g/mol. The molecule has 3 aliphatic rings. The van der Waals surface area contributed by atoms with Crippen LogP contribution in [0, 0.1) is 0 Å². The normalized spacial score (nSPS) is 39.6. The van der Waals surface area contributed by atoms with Crippen LogP contribution in [0.4, 0.5) is 0 Å². The van der Waals surface area contributed by atoms with Gasteiger partial charge in [-0.2, -0.15) is 0 Å². The average Bonchev–Trinajstić information content (AvgIpc) is 2.28. The molecule has 0 amide bonds. The number of rotatable bonds is 1. The minimum absolute atomic E-state index is 0.299. The predicted octanol–water partition coefficient (Wildman–Crippen LogP) is 1.38. The Bertz CT molecular complexity index is 252. The monoisotopic (exact) mass is 224 g/mol. The van der Waals surface area contributed by atoms with E-state index in [9.17, 15) is 0 Å². The summed E-state index contributed by atoms with van der Waals surface area (Å²) >= 11 is 0. The summed E-state index contributed by atoms with van der Waals surface area (Å²) in [6.45, 7) is 6.89. The summed E-state index contributed by atoms with van der Waals surface area (Å²) in [5.41, 5.74) is 0.299. The largest absolute Gasteiger partial charge is 0.375 e. The number of piperazine rings is 1. The molecule has 0 aromatic heterocycles. The molecule has 3 fully saturated rings. The minimum Gasteiger partial charge on any atom is -0.375 e. The molecular weight excluding hydrogens is 200 g/mol. The molecule has 0 bridgehead atoms. The fourth-order valence-corrected chi connectivity index (χ4v) is 3.60. The first kappa shape index (κ1) is 11.0. The number of nitrogens with zero attached hydrogens (tertiary/aromatic N) is 1. The Kier molecular flexibility index (Phi) is 2.94. The van der Waals surface area contributed by atoms with E-state index in [1.54, 1.807) is 0 Å². The Morgan fingerprint density at radius 3 is 2.94 bits per heavy atom. The van der Waals surface area contributed by atoms with Gasteiger partial charge in [0.15, 0.2) is 0 Å². The second-order valence-corrected chi connectivity index (χ2v) is 5.82. The van der Waals surface area contributed by atoms with Crippen molar-refractivity contribution in [1.82, 2.24) is 10.2 Å². The van der Waals surface area contributed by atoms with Crippen LogP contribution in [-0.4, -0.2) is 48.8 Å². The first-order valence-corrected chi connectivity index (χ1v) is 6.90. The number of hydrogen-bond donors (Lipinski definition) is 1. The van der Waals surface area contributed by atoms with Crippen molar-refractivity contribution in [3.8, 4) is 0 Å². The van der Waals surface area contributed by atoms with E-state index in [1.165, 1.54) is 38.6 Å². The Morgan fingerprint density at radius 1 is 1.38 bits per heavy atom. The molecule has 1 spiro atoms. The van der Waals surface area contributed by atoms with Crippen LogP contribution < -0.4 is 5.32 Å². The fourth-order valence-electron chi connectivity index (χ4n) is 3.60. The molecule has 16 heavy (non-hydrogen) atoms. The smallest absolute Gasteiger partial charge is 0.0697 e. The zero-order chi connectivity index (χ0) is 11.0. The van der Waals surface area contributed by atoms with Crippen LogP contribution >= 0.6 is 0 Å². The Hall–Kier alpha value is -0.120. The van der Waals surface area contributed by atoms with E-state index >= 15 is 0 Å². The highest BCUT2D eigenvalue weighted by molar-refractivity contribution is 4.98.